The molecule has 5 heteroatoms. The van der Waals surface area contributed by atoms with Crippen LogP contribution in [0.3, 0.4) is 0 Å². The summed E-state index contributed by atoms with van der Waals surface area (Å²) in [4.78, 5) is 27.5. The van der Waals surface area contributed by atoms with E-state index in [2.05, 4.69) is 26.2 Å². The molecular weight excluding hydrogens is 344 g/mol. The molecule has 1 aromatic heterocycles. The van der Waals surface area contributed by atoms with Crippen molar-refractivity contribution in [2.24, 2.45) is 0 Å². The first-order valence-corrected chi connectivity index (χ1v) is 7.53. The van der Waals surface area contributed by atoms with Gasteiger partial charge in [-0.25, -0.2) is 0 Å². The summed E-state index contributed by atoms with van der Waals surface area (Å²) >= 11 is 3.40. The number of hydrogen-bond donors (Lipinski definition) is 2. The number of anilines is 1. The number of H-pyrrole nitrogens is 1. The van der Waals surface area contributed by atoms with Gasteiger partial charge in [0.05, 0.1) is 5.56 Å². The summed E-state index contributed by atoms with van der Waals surface area (Å²) in [6.07, 6.45) is 1.57. The first kappa shape index (κ1) is 14.5. The third kappa shape index (κ3) is 2.67. The number of carbonyl (C=O) groups is 2. The van der Waals surface area contributed by atoms with E-state index in [0.29, 0.717) is 11.3 Å². The smallest absolute Gasteiger partial charge is 0.296 e. The van der Waals surface area contributed by atoms with Crippen LogP contribution in [0.25, 0.3) is 10.9 Å². The Morgan fingerprint density at radius 3 is 2.68 bits per heavy atom. The molecule has 0 atom stereocenters. The third-order valence-corrected chi connectivity index (χ3v) is 4.35. The summed E-state index contributed by atoms with van der Waals surface area (Å²) in [7, 11) is 0. The lowest BCUT2D eigenvalue weighted by atomic mass is 10.1. The van der Waals surface area contributed by atoms with Crippen LogP contribution in [0.15, 0.2) is 53.1 Å². The maximum absolute atomic E-state index is 12.3. The van der Waals surface area contributed by atoms with Crippen LogP contribution in [0.5, 0.6) is 0 Å². The molecule has 3 rings (SSSR count). The fourth-order valence-electron chi connectivity index (χ4n) is 2.29. The molecule has 2 aromatic carbocycles. The molecule has 0 unspecified atom stereocenters. The normalized spacial score (nSPS) is 10.6. The minimum atomic E-state index is -0.647. The summed E-state index contributed by atoms with van der Waals surface area (Å²) in [5.74, 6) is -1.20. The number of benzene rings is 2. The van der Waals surface area contributed by atoms with E-state index in [-0.39, 0.29) is 0 Å². The van der Waals surface area contributed by atoms with Crippen LogP contribution >= 0.6 is 15.9 Å². The van der Waals surface area contributed by atoms with Crippen molar-refractivity contribution in [3.05, 3.63) is 64.3 Å². The van der Waals surface area contributed by atoms with Gasteiger partial charge >= 0.3 is 0 Å². The van der Waals surface area contributed by atoms with Gasteiger partial charge in [-0.2, -0.15) is 0 Å². The molecule has 0 saturated heterocycles. The largest absolute Gasteiger partial charge is 0.360 e. The van der Waals surface area contributed by atoms with Crippen molar-refractivity contribution in [3.8, 4) is 0 Å². The Kier molecular flexibility index (Phi) is 3.81. The molecule has 1 heterocycles. The molecular formula is C17H13BrN2O2. The molecule has 0 spiro atoms. The van der Waals surface area contributed by atoms with Gasteiger partial charge in [0.15, 0.2) is 0 Å². The highest BCUT2D eigenvalue weighted by Gasteiger charge is 2.20. The monoisotopic (exact) mass is 356 g/mol. The Hall–Kier alpha value is -2.40. The summed E-state index contributed by atoms with van der Waals surface area (Å²) in [5.41, 5.74) is 2.79. The van der Waals surface area contributed by atoms with Gasteiger partial charge in [-0.05, 0) is 36.8 Å². The number of aryl methyl sites for hydroxylation is 1. The molecule has 3 aromatic rings. The topological polar surface area (TPSA) is 62.0 Å². The molecule has 2 N–H and O–H groups in total. The number of Topliss-reactive ketones (excluding diaryl/α,β-unsaturated/α-hetero) is 1. The molecule has 0 bridgehead atoms. The number of carbonyl (C=O) groups excluding carboxylic acids is 2. The summed E-state index contributed by atoms with van der Waals surface area (Å²) in [6.45, 7) is 1.92. The number of halogens is 1. The zero-order valence-corrected chi connectivity index (χ0v) is 13.4. The highest BCUT2D eigenvalue weighted by atomic mass is 79.9. The lowest BCUT2D eigenvalue weighted by molar-refractivity contribution is -0.112. The second kappa shape index (κ2) is 5.77. The van der Waals surface area contributed by atoms with Crippen LogP contribution in [0.1, 0.15) is 15.9 Å². The lowest BCUT2D eigenvalue weighted by Gasteiger charge is -2.06. The van der Waals surface area contributed by atoms with E-state index in [9.17, 15) is 9.59 Å². The van der Waals surface area contributed by atoms with Gasteiger partial charge < -0.3 is 10.3 Å². The summed E-state index contributed by atoms with van der Waals surface area (Å²) in [5, 5.41) is 3.38. The van der Waals surface area contributed by atoms with Crippen LogP contribution in [0.4, 0.5) is 5.69 Å². The summed E-state index contributed by atoms with van der Waals surface area (Å²) < 4.78 is 0.952. The Bertz CT molecular complexity index is 883. The summed E-state index contributed by atoms with van der Waals surface area (Å²) in [6, 6.07) is 12.8. The molecule has 110 valence electrons. The van der Waals surface area contributed by atoms with Crippen molar-refractivity contribution >= 4 is 44.2 Å². The zero-order chi connectivity index (χ0) is 15.7. The maximum atomic E-state index is 12.3. The van der Waals surface area contributed by atoms with Crippen LogP contribution in [0.2, 0.25) is 0 Å². The quantitative estimate of drug-likeness (QED) is 0.549. The Balaban J connectivity index is 1.85. The second-order valence-corrected chi connectivity index (χ2v) is 5.85. The molecule has 0 aliphatic heterocycles. The second-order valence-electron chi connectivity index (χ2n) is 5.00. The number of amides is 1. The van der Waals surface area contributed by atoms with Gasteiger partial charge in [0.1, 0.15) is 0 Å². The van der Waals surface area contributed by atoms with E-state index in [0.717, 1.165) is 20.9 Å². The van der Waals surface area contributed by atoms with E-state index in [4.69, 9.17) is 0 Å². The minimum absolute atomic E-state index is 0.377. The number of aromatic amines is 1. The first-order valence-electron chi connectivity index (χ1n) is 6.74. The van der Waals surface area contributed by atoms with E-state index < -0.39 is 11.7 Å². The Morgan fingerprint density at radius 1 is 1.14 bits per heavy atom. The Labute approximate surface area is 135 Å². The number of hydrogen-bond acceptors (Lipinski definition) is 2. The van der Waals surface area contributed by atoms with E-state index >= 15 is 0 Å². The van der Waals surface area contributed by atoms with E-state index in [1.807, 2.05) is 43.3 Å². The average Bonchev–Trinajstić information content (AvgIpc) is 2.94. The number of fused-ring (bicyclic) bond motifs is 1. The van der Waals surface area contributed by atoms with Crippen molar-refractivity contribution in [3.63, 3.8) is 0 Å². The van der Waals surface area contributed by atoms with Crippen molar-refractivity contribution in [2.45, 2.75) is 6.92 Å². The molecule has 0 saturated carbocycles. The molecule has 0 aliphatic carbocycles. The number of rotatable bonds is 3. The molecule has 4 nitrogen and oxygen atoms in total. The van der Waals surface area contributed by atoms with Gasteiger partial charge in [-0.3, -0.25) is 9.59 Å². The van der Waals surface area contributed by atoms with Crippen LogP contribution in [-0.4, -0.2) is 16.7 Å². The molecule has 22 heavy (non-hydrogen) atoms. The van der Waals surface area contributed by atoms with Crippen LogP contribution < -0.4 is 5.32 Å². The fraction of sp³-hybridized carbons (Fsp3) is 0.0588. The first-order chi connectivity index (χ1) is 10.6. The minimum Gasteiger partial charge on any atom is -0.360 e. The van der Waals surface area contributed by atoms with Crippen LogP contribution in [-0.2, 0) is 4.79 Å². The highest BCUT2D eigenvalue weighted by Crippen LogP contribution is 2.21. The van der Waals surface area contributed by atoms with Gasteiger partial charge in [-0.15, -0.1) is 0 Å². The predicted octanol–water partition coefficient (Wildman–Crippen LogP) is 4.06. The Morgan fingerprint density at radius 2 is 1.91 bits per heavy atom. The van der Waals surface area contributed by atoms with E-state index in [1.165, 1.54) is 0 Å². The predicted molar refractivity (Wildman–Crippen MR) is 90.1 cm³/mol. The highest BCUT2D eigenvalue weighted by molar-refractivity contribution is 9.10. The van der Waals surface area contributed by atoms with Gasteiger partial charge in [0, 0.05) is 27.3 Å². The SMILES string of the molecule is Cc1cc(NC(=O)C(=O)c2c[nH]c3ccccc23)ccc1Br. The van der Waals surface area contributed by atoms with Crippen molar-refractivity contribution in [1.82, 2.24) is 4.98 Å². The zero-order valence-electron chi connectivity index (χ0n) is 11.8. The van der Waals surface area contributed by atoms with Gasteiger partial charge in [0.2, 0.25) is 0 Å². The van der Waals surface area contributed by atoms with Gasteiger partial charge in [-0.1, -0.05) is 34.1 Å². The third-order valence-electron chi connectivity index (χ3n) is 3.46. The van der Waals surface area contributed by atoms with Crippen molar-refractivity contribution in [1.29, 1.82) is 0 Å². The standard InChI is InChI=1S/C17H13BrN2O2/c1-10-8-11(6-7-14(10)18)20-17(22)16(21)13-9-19-15-5-3-2-4-12(13)15/h2-9,19H,1H3,(H,20,22). The average molecular weight is 357 g/mol. The maximum Gasteiger partial charge on any atom is 0.296 e. The van der Waals surface area contributed by atoms with Crippen molar-refractivity contribution < 1.29 is 9.59 Å². The van der Waals surface area contributed by atoms with Crippen molar-refractivity contribution in [2.75, 3.05) is 5.32 Å². The number of aromatic nitrogens is 1. The molecule has 1 amide bonds. The lowest BCUT2D eigenvalue weighted by Crippen LogP contribution is -2.22. The molecule has 0 radical (unpaired) electrons. The number of nitrogens with one attached hydrogen (secondary N) is 2. The fourth-order valence-corrected chi connectivity index (χ4v) is 2.54. The molecule has 0 fully saturated rings. The van der Waals surface area contributed by atoms with Gasteiger partial charge in [0.25, 0.3) is 11.7 Å². The van der Waals surface area contributed by atoms with E-state index in [1.54, 1.807) is 12.3 Å². The number of para-hydroxylation sites is 1. The van der Waals surface area contributed by atoms with Crippen LogP contribution in [0, 0.1) is 6.92 Å². The number of ketones is 1. The molecule has 0 aliphatic rings.